The van der Waals surface area contributed by atoms with E-state index in [-0.39, 0.29) is 12.4 Å². The number of hydrogen-bond acceptors (Lipinski definition) is 5. The van der Waals surface area contributed by atoms with Crippen LogP contribution in [0.1, 0.15) is 16.3 Å². The zero-order valence-electron chi connectivity index (χ0n) is 14.2. The van der Waals surface area contributed by atoms with Gasteiger partial charge >= 0.3 is 5.97 Å². The van der Waals surface area contributed by atoms with Gasteiger partial charge in [-0.2, -0.15) is 0 Å². The SMILES string of the molecule is COC(=O)Cc1csc(COc2ccc(-c3ccc(C)cc3)cc2)n1. The molecule has 4 nitrogen and oxygen atoms in total. The predicted octanol–water partition coefficient (Wildman–Crippen LogP) is 4.41. The maximum Gasteiger partial charge on any atom is 0.311 e. The summed E-state index contributed by atoms with van der Waals surface area (Å²) in [7, 11) is 1.37. The van der Waals surface area contributed by atoms with Crippen molar-refractivity contribution in [3.8, 4) is 16.9 Å². The molecule has 2 aromatic carbocycles. The Balaban J connectivity index is 1.58. The summed E-state index contributed by atoms with van der Waals surface area (Å²) < 4.78 is 10.4. The number of esters is 1. The van der Waals surface area contributed by atoms with Crippen molar-refractivity contribution in [1.82, 2.24) is 4.98 Å². The Kier molecular flexibility index (Phi) is 5.46. The number of methoxy groups -OCH3 is 1. The molecule has 0 radical (unpaired) electrons. The Labute approximate surface area is 151 Å². The van der Waals surface area contributed by atoms with Crippen molar-refractivity contribution in [3.63, 3.8) is 0 Å². The van der Waals surface area contributed by atoms with Crippen LogP contribution >= 0.6 is 11.3 Å². The first kappa shape index (κ1) is 17.2. The van der Waals surface area contributed by atoms with E-state index in [1.54, 1.807) is 0 Å². The average molecular weight is 353 g/mol. The molecule has 5 heteroatoms. The van der Waals surface area contributed by atoms with Crippen molar-refractivity contribution < 1.29 is 14.3 Å². The Morgan fingerprint density at radius 2 is 1.68 bits per heavy atom. The van der Waals surface area contributed by atoms with Crippen molar-refractivity contribution in [1.29, 1.82) is 0 Å². The second kappa shape index (κ2) is 7.94. The fourth-order valence-electron chi connectivity index (χ4n) is 2.35. The second-order valence-electron chi connectivity index (χ2n) is 5.66. The Morgan fingerprint density at radius 1 is 1.04 bits per heavy atom. The van der Waals surface area contributed by atoms with Gasteiger partial charge in [-0.05, 0) is 30.2 Å². The molecule has 0 N–H and O–H groups in total. The smallest absolute Gasteiger partial charge is 0.311 e. The van der Waals surface area contributed by atoms with E-state index in [0.29, 0.717) is 12.3 Å². The highest BCUT2D eigenvalue weighted by Gasteiger charge is 2.08. The molecule has 25 heavy (non-hydrogen) atoms. The number of hydrogen-bond donors (Lipinski definition) is 0. The first-order valence-electron chi connectivity index (χ1n) is 7.94. The summed E-state index contributed by atoms with van der Waals surface area (Å²) in [5.41, 5.74) is 4.30. The number of carbonyl (C=O) groups excluding carboxylic acids is 1. The van der Waals surface area contributed by atoms with Crippen LogP contribution < -0.4 is 4.74 Å². The molecule has 0 bridgehead atoms. The molecule has 0 fully saturated rings. The Bertz CT molecular complexity index is 838. The quantitative estimate of drug-likeness (QED) is 0.616. The number of carbonyl (C=O) groups is 1. The van der Waals surface area contributed by atoms with Crippen LogP contribution in [0.4, 0.5) is 0 Å². The molecule has 1 aromatic heterocycles. The first-order chi connectivity index (χ1) is 12.1. The molecular formula is C20H19NO3S. The van der Waals surface area contributed by atoms with E-state index < -0.39 is 0 Å². The zero-order valence-corrected chi connectivity index (χ0v) is 15.0. The van der Waals surface area contributed by atoms with Gasteiger partial charge in [0.15, 0.2) is 0 Å². The fraction of sp³-hybridized carbons (Fsp3) is 0.200. The van der Waals surface area contributed by atoms with Gasteiger partial charge in [0.05, 0.1) is 19.2 Å². The fourth-order valence-corrected chi connectivity index (χ4v) is 3.06. The third-order valence-electron chi connectivity index (χ3n) is 3.75. The van der Waals surface area contributed by atoms with Crippen LogP contribution in [0.25, 0.3) is 11.1 Å². The highest BCUT2D eigenvalue weighted by molar-refractivity contribution is 7.09. The number of aryl methyl sites for hydroxylation is 1. The molecule has 0 aliphatic rings. The van der Waals surface area contributed by atoms with Crippen LogP contribution in [0.5, 0.6) is 5.75 Å². The van der Waals surface area contributed by atoms with Gasteiger partial charge < -0.3 is 9.47 Å². The van der Waals surface area contributed by atoms with Gasteiger partial charge in [-0.1, -0.05) is 42.0 Å². The van der Waals surface area contributed by atoms with Crippen molar-refractivity contribution in [2.75, 3.05) is 7.11 Å². The summed E-state index contributed by atoms with van der Waals surface area (Å²) in [5.74, 6) is 0.505. The molecule has 0 saturated carbocycles. The average Bonchev–Trinajstić information content (AvgIpc) is 3.08. The van der Waals surface area contributed by atoms with Crippen LogP contribution in [0.2, 0.25) is 0 Å². The highest BCUT2D eigenvalue weighted by atomic mass is 32.1. The summed E-state index contributed by atoms with van der Waals surface area (Å²) in [6.07, 6.45) is 0.193. The maximum atomic E-state index is 11.2. The minimum absolute atomic E-state index is 0.193. The zero-order chi connectivity index (χ0) is 17.6. The molecule has 0 saturated heterocycles. The Hall–Kier alpha value is -2.66. The van der Waals surface area contributed by atoms with Crippen LogP contribution in [0.15, 0.2) is 53.9 Å². The Morgan fingerprint density at radius 3 is 2.32 bits per heavy atom. The minimum atomic E-state index is -0.288. The third-order valence-corrected chi connectivity index (χ3v) is 4.63. The lowest BCUT2D eigenvalue weighted by Gasteiger charge is -2.06. The number of rotatable bonds is 6. The lowest BCUT2D eigenvalue weighted by Crippen LogP contribution is -2.05. The van der Waals surface area contributed by atoms with E-state index >= 15 is 0 Å². The molecule has 0 aliphatic heterocycles. The van der Waals surface area contributed by atoms with Crippen molar-refractivity contribution in [2.45, 2.75) is 20.0 Å². The van der Waals surface area contributed by atoms with Crippen LogP contribution in [0.3, 0.4) is 0 Å². The number of nitrogens with zero attached hydrogens (tertiary/aromatic N) is 1. The van der Waals surface area contributed by atoms with Gasteiger partial charge in [0, 0.05) is 5.38 Å². The van der Waals surface area contributed by atoms with E-state index in [4.69, 9.17) is 4.74 Å². The third kappa shape index (κ3) is 4.67. The first-order valence-corrected chi connectivity index (χ1v) is 8.82. The lowest BCUT2D eigenvalue weighted by atomic mass is 10.0. The largest absolute Gasteiger partial charge is 0.486 e. The van der Waals surface area contributed by atoms with Crippen molar-refractivity contribution >= 4 is 17.3 Å². The molecule has 3 rings (SSSR count). The van der Waals surface area contributed by atoms with Gasteiger partial charge in [-0.15, -0.1) is 11.3 Å². The van der Waals surface area contributed by atoms with Crippen LogP contribution in [-0.4, -0.2) is 18.1 Å². The second-order valence-corrected chi connectivity index (χ2v) is 6.61. The topological polar surface area (TPSA) is 48.4 Å². The van der Waals surface area contributed by atoms with Gasteiger partial charge in [-0.3, -0.25) is 4.79 Å². The van der Waals surface area contributed by atoms with Crippen LogP contribution in [-0.2, 0) is 22.6 Å². The standard InChI is InChI=1S/C20H19NO3S/c1-14-3-5-15(6-4-14)16-7-9-18(10-8-16)24-12-19-21-17(13-25-19)11-20(22)23-2/h3-10,13H,11-12H2,1-2H3. The monoisotopic (exact) mass is 353 g/mol. The molecule has 0 spiro atoms. The molecule has 0 atom stereocenters. The molecule has 0 amide bonds. The highest BCUT2D eigenvalue weighted by Crippen LogP contribution is 2.23. The number of aromatic nitrogens is 1. The van der Waals surface area contributed by atoms with Gasteiger partial charge in [0.25, 0.3) is 0 Å². The number of thiazole rings is 1. The number of benzene rings is 2. The van der Waals surface area contributed by atoms with Gasteiger partial charge in [-0.25, -0.2) is 4.98 Å². The number of ether oxygens (including phenoxy) is 2. The van der Waals surface area contributed by atoms with Gasteiger partial charge in [0.1, 0.15) is 17.4 Å². The summed E-state index contributed by atoms with van der Waals surface area (Å²) in [5, 5.41) is 2.69. The molecule has 1 heterocycles. The molecule has 0 aliphatic carbocycles. The molecule has 3 aromatic rings. The van der Waals surface area contributed by atoms with Crippen molar-refractivity contribution in [3.05, 3.63) is 70.2 Å². The lowest BCUT2D eigenvalue weighted by molar-refractivity contribution is -0.139. The molecular weight excluding hydrogens is 334 g/mol. The predicted molar refractivity (Wildman–Crippen MR) is 98.8 cm³/mol. The summed E-state index contributed by atoms with van der Waals surface area (Å²) >= 11 is 1.48. The normalized spacial score (nSPS) is 10.5. The summed E-state index contributed by atoms with van der Waals surface area (Å²) in [4.78, 5) is 15.6. The molecule has 128 valence electrons. The minimum Gasteiger partial charge on any atom is -0.486 e. The molecule has 0 unspecified atom stereocenters. The summed E-state index contributed by atoms with van der Waals surface area (Å²) in [6, 6.07) is 16.4. The van der Waals surface area contributed by atoms with E-state index in [1.807, 2.05) is 29.6 Å². The van der Waals surface area contributed by atoms with Crippen LogP contribution in [0, 0.1) is 6.92 Å². The maximum absolute atomic E-state index is 11.2. The van der Waals surface area contributed by atoms with E-state index in [1.165, 1.54) is 29.6 Å². The van der Waals surface area contributed by atoms with E-state index in [9.17, 15) is 4.79 Å². The summed E-state index contributed by atoms with van der Waals surface area (Å²) in [6.45, 7) is 2.46. The van der Waals surface area contributed by atoms with Crippen molar-refractivity contribution in [2.24, 2.45) is 0 Å². The van der Waals surface area contributed by atoms with E-state index in [0.717, 1.165) is 16.3 Å². The van der Waals surface area contributed by atoms with Gasteiger partial charge in [0.2, 0.25) is 0 Å². The van der Waals surface area contributed by atoms with E-state index in [2.05, 4.69) is 40.9 Å².